The van der Waals surface area contributed by atoms with Crippen molar-refractivity contribution in [2.24, 2.45) is 40.2 Å². The molecule has 5 fully saturated rings. The molecule has 410 valence electrons. The van der Waals surface area contributed by atoms with Gasteiger partial charge in [0.05, 0.1) is 18.1 Å². The zero-order valence-corrected chi connectivity index (χ0v) is 45.8. The summed E-state index contributed by atoms with van der Waals surface area (Å²) in [7, 11) is 3.39. The van der Waals surface area contributed by atoms with Crippen molar-refractivity contribution in [1.82, 2.24) is 47.0 Å². The van der Waals surface area contributed by atoms with Crippen molar-refractivity contribution >= 4 is 47.6 Å². The van der Waals surface area contributed by atoms with Gasteiger partial charge in [-0.2, -0.15) is 0 Å². The summed E-state index contributed by atoms with van der Waals surface area (Å²) >= 11 is 0. The predicted octanol–water partition coefficient (Wildman–Crippen LogP) is 3.44. The van der Waals surface area contributed by atoms with Crippen molar-refractivity contribution in [3.63, 3.8) is 0 Å². The second-order valence-electron chi connectivity index (χ2n) is 23.8. The molecule has 0 spiro atoms. The Morgan fingerprint density at radius 1 is 0.542 bits per heavy atom. The second kappa shape index (κ2) is 28.5. The van der Waals surface area contributed by atoms with Gasteiger partial charge in [0.25, 0.3) is 0 Å². The van der Waals surface area contributed by atoms with Gasteiger partial charge >= 0.3 is 0 Å². The fraction of sp³-hybridized carbons (Fsp3) is 0.852. The van der Waals surface area contributed by atoms with E-state index >= 15 is 0 Å². The van der Waals surface area contributed by atoms with E-state index in [1.165, 1.54) is 19.3 Å². The van der Waals surface area contributed by atoms with Gasteiger partial charge in [-0.3, -0.25) is 33.6 Å². The summed E-state index contributed by atoms with van der Waals surface area (Å²) in [5, 5.41) is 21.1. The Labute approximate surface area is 431 Å². The minimum absolute atomic E-state index is 0.0591. The molecular formula is C54H96N10O8. The number of hydrogen-bond acceptors (Lipinski definition) is 11. The Kier molecular flexibility index (Phi) is 23.9. The molecular weight excluding hydrogens is 917 g/mol. The maximum atomic E-state index is 14.0. The zero-order chi connectivity index (χ0) is 53.3. The minimum atomic E-state index is -0.786. The molecule has 7 amide bonds. The molecule has 5 rings (SSSR count). The van der Waals surface area contributed by atoms with Crippen LogP contribution in [0.3, 0.4) is 0 Å². The van der Waals surface area contributed by atoms with Crippen molar-refractivity contribution in [3.05, 3.63) is 0 Å². The van der Waals surface area contributed by atoms with Gasteiger partial charge in [-0.05, 0) is 115 Å². The van der Waals surface area contributed by atoms with Gasteiger partial charge in [0.15, 0.2) is 0 Å². The molecule has 0 aromatic rings. The first kappa shape index (κ1) is 60.4. The highest BCUT2D eigenvalue weighted by Gasteiger charge is 2.44. The summed E-state index contributed by atoms with van der Waals surface area (Å²) in [6, 6.07) is -3.60. The number of carbonyl (C=O) groups excluding carboxylic acids is 8. The van der Waals surface area contributed by atoms with Crippen molar-refractivity contribution in [1.29, 1.82) is 0 Å². The van der Waals surface area contributed by atoms with Crippen LogP contribution in [0.5, 0.6) is 0 Å². The van der Waals surface area contributed by atoms with Gasteiger partial charge in [0, 0.05) is 50.1 Å². The molecule has 2 heterocycles. The highest BCUT2D eigenvalue weighted by atomic mass is 16.2. The fourth-order valence-corrected chi connectivity index (χ4v) is 11.3. The van der Waals surface area contributed by atoms with E-state index in [0.717, 1.165) is 70.5 Å². The Balaban J connectivity index is 0.000000447. The Morgan fingerprint density at radius 3 is 1.44 bits per heavy atom. The van der Waals surface area contributed by atoms with E-state index in [1.807, 2.05) is 41.5 Å². The minimum Gasteiger partial charge on any atom is -0.354 e. The summed E-state index contributed by atoms with van der Waals surface area (Å²) < 4.78 is 0. The number of nitrogens with one attached hydrogen (secondary N) is 7. The van der Waals surface area contributed by atoms with Crippen LogP contribution in [0.15, 0.2) is 0 Å². The maximum absolute atomic E-state index is 14.0. The SMILES string of the molecule is CNC(C)C(=O)N[C@H](C(=O)N1CCCC1C(=O)N[C@H](CNC(=O)C1CCCCC1C(=O)NCC(N)C1CCCCC1)C1CCCCC1)C(C)(C)C.CN[C@@H](C)C(=O)NC(C(=O)N1CCC[C@H]1C=O)C(C)(C)C. The summed E-state index contributed by atoms with van der Waals surface area (Å²) in [6.45, 7) is 16.7. The zero-order valence-electron chi connectivity index (χ0n) is 45.8. The molecule has 0 bridgehead atoms. The lowest BCUT2D eigenvalue weighted by atomic mass is 9.77. The monoisotopic (exact) mass is 1010 g/mol. The van der Waals surface area contributed by atoms with Crippen LogP contribution in [-0.2, 0) is 38.4 Å². The number of aldehydes is 1. The standard InChI is InChI=1S/C39H69N7O5.C15H27N3O3/c1-25(41-5)34(47)45-33(39(2,3)4)38(51)46-22-14-21-32(46)37(50)44-31(27-17-10-7-11-18-27)24-43-36(49)29-20-13-12-19-28(29)35(48)42-23-30(40)26-15-8-6-9-16-26;1-10(16-5)13(20)17-12(15(2,3)4)14(21)18-8-6-7-11(18)9-19/h25-33,41H,6-24,40H2,1-5H3,(H,42,48)(H,43,49)(H,44,50)(H,45,47);9-12,16H,6-8H2,1-5H3,(H,17,20)/t25?,28?,29?,30?,31-,32?,33-;10-,11-,12?/m10/s1. The van der Waals surface area contributed by atoms with Gasteiger partial charge in [0.2, 0.25) is 41.4 Å². The van der Waals surface area contributed by atoms with Crippen LogP contribution in [0.1, 0.15) is 171 Å². The van der Waals surface area contributed by atoms with Gasteiger partial charge in [0.1, 0.15) is 24.4 Å². The third-order valence-corrected chi connectivity index (χ3v) is 16.3. The number of likely N-dealkylation sites (tertiary alicyclic amines) is 2. The third-order valence-electron chi connectivity index (χ3n) is 16.3. The second-order valence-corrected chi connectivity index (χ2v) is 23.8. The van der Waals surface area contributed by atoms with Crippen LogP contribution in [0.4, 0.5) is 0 Å². The van der Waals surface area contributed by atoms with E-state index in [-0.39, 0.29) is 83.9 Å². The average molecular weight is 1010 g/mol. The lowest BCUT2D eigenvalue weighted by Crippen LogP contribution is -2.60. The van der Waals surface area contributed by atoms with Gasteiger partial charge in [-0.1, -0.05) is 92.9 Å². The van der Waals surface area contributed by atoms with E-state index in [1.54, 1.807) is 37.7 Å². The lowest BCUT2D eigenvalue weighted by molar-refractivity contribution is -0.144. The average Bonchev–Trinajstić information content (AvgIpc) is 4.08. The van der Waals surface area contributed by atoms with Crippen LogP contribution in [-0.4, -0.2) is 146 Å². The van der Waals surface area contributed by atoms with Crippen LogP contribution in [0, 0.1) is 34.5 Å². The molecule has 72 heavy (non-hydrogen) atoms. The van der Waals surface area contributed by atoms with Crippen molar-refractivity contribution < 1.29 is 38.4 Å². The number of rotatable bonds is 19. The summed E-state index contributed by atoms with van der Waals surface area (Å²) in [5.41, 5.74) is 5.50. The number of nitrogens with zero attached hydrogens (tertiary/aromatic N) is 2. The molecule has 18 nitrogen and oxygen atoms in total. The number of carbonyl (C=O) groups is 8. The quantitative estimate of drug-likeness (QED) is 0.0871. The Bertz CT molecular complexity index is 1810. The summed E-state index contributed by atoms with van der Waals surface area (Å²) in [6.07, 6.45) is 17.9. The number of nitrogens with two attached hydrogens (primary N) is 1. The van der Waals surface area contributed by atoms with E-state index < -0.39 is 40.9 Å². The first-order valence-corrected chi connectivity index (χ1v) is 27.7. The molecule has 6 unspecified atom stereocenters. The van der Waals surface area contributed by atoms with Gasteiger partial charge in [-0.25, -0.2) is 0 Å². The molecule has 0 aromatic carbocycles. The van der Waals surface area contributed by atoms with Gasteiger partial charge < -0.3 is 57.5 Å². The van der Waals surface area contributed by atoms with E-state index in [0.29, 0.717) is 57.7 Å². The highest BCUT2D eigenvalue weighted by molar-refractivity contribution is 5.94. The normalized spacial score (nSPS) is 24.8. The fourth-order valence-electron chi connectivity index (χ4n) is 11.3. The van der Waals surface area contributed by atoms with Crippen molar-refractivity contribution in [2.75, 3.05) is 40.3 Å². The Morgan fingerprint density at radius 2 is 0.972 bits per heavy atom. The van der Waals surface area contributed by atoms with Crippen molar-refractivity contribution in [3.8, 4) is 0 Å². The molecule has 5 aliphatic rings. The van der Waals surface area contributed by atoms with Crippen LogP contribution in [0.2, 0.25) is 0 Å². The largest absolute Gasteiger partial charge is 0.354 e. The van der Waals surface area contributed by atoms with E-state index in [9.17, 15) is 38.4 Å². The maximum Gasteiger partial charge on any atom is 0.246 e. The summed E-state index contributed by atoms with van der Waals surface area (Å²) in [4.78, 5) is 107. The number of amides is 7. The number of likely N-dealkylation sites (N-methyl/N-ethyl adjacent to an activating group) is 2. The molecule has 2 aliphatic heterocycles. The van der Waals surface area contributed by atoms with Gasteiger partial charge in [-0.15, -0.1) is 0 Å². The third kappa shape index (κ3) is 17.2. The highest BCUT2D eigenvalue weighted by Crippen LogP contribution is 2.33. The smallest absolute Gasteiger partial charge is 0.246 e. The van der Waals surface area contributed by atoms with Crippen molar-refractivity contribution in [2.45, 2.75) is 219 Å². The van der Waals surface area contributed by atoms with Crippen LogP contribution in [0.25, 0.3) is 0 Å². The number of hydrogen-bond donors (Lipinski definition) is 8. The predicted molar refractivity (Wildman–Crippen MR) is 280 cm³/mol. The van der Waals surface area contributed by atoms with E-state index in [4.69, 9.17) is 5.73 Å². The molecule has 18 heteroatoms. The Hall–Kier alpha value is -4.16. The van der Waals surface area contributed by atoms with Crippen LogP contribution < -0.4 is 43.0 Å². The first-order valence-electron chi connectivity index (χ1n) is 27.7. The molecule has 2 saturated heterocycles. The summed E-state index contributed by atoms with van der Waals surface area (Å²) in [5.74, 6) is -1.45. The topological polar surface area (TPSA) is 253 Å². The molecule has 9 N–H and O–H groups in total. The molecule has 3 aliphatic carbocycles. The molecule has 0 radical (unpaired) electrons. The first-order chi connectivity index (χ1) is 34.0. The molecule has 10 atom stereocenters. The van der Waals surface area contributed by atoms with E-state index in [2.05, 4.69) is 37.2 Å². The van der Waals surface area contributed by atoms with Crippen LogP contribution >= 0.6 is 0 Å². The molecule has 0 aromatic heterocycles. The lowest BCUT2D eigenvalue weighted by Gasteiger charge is -2.37. The molecule has 3 saturated carbocycles.